The lowest BCUT2D eigenvalue weighted by Crippen LogP contribution is -3.13. The number of amides is 1. The first-order chi connectivity index (χ1) is 10.1. The number of carbonyl (C=O) groups is 1. The van der Waals surface area contributed by atoms with Gasteiger partial charge in [-0.2, -0.15) is 5.10 Å². The van der Waals surface area contributed by atoms with Crippen LogP contribution in [0.15, 0.2) is 23.3 Å². The molecule has 0 spiro atoms. The Morgan fingerprint density at radius 1 is 1.24 bits per heavy atom. The van der Waals surface area contributed by atoms with E-state index in [-0.39, 0.29) is 5.91 Å². The molecular formula is C15H20Cl2N3O+. The zero-order valence-electron chi connectivity index (χ0n) is 11.9. The van der Waals surface area contributed by atoms with Crippen LogP contribution in [0.5, 0.6) is 0 Å². The van der Waals surface area contributed by atoms with E-state index in [2.05, 4.69) is 10.5 Å². The molecule has 1 aliphatic heterocycles. The molecule has 0 unspecified atom stereocenters. The molecule has 0 aromatic heterocycles. The van der Waals surface area contributed by atoms with Gasteiger partial charge in [0.2, 0.25) is 0 Å². The van der Waals surface area contributed by atoms with E-state index in [0.29, 0.717) is 16.6 Å². The lowest BCUT2D eigenvalue weighted by molar-refractivity contribution is -0.891. The molecule has 6 heteroatoms. The van der Waals surface area contributed by atoms with Gasteiger partial charge in [0, 0.05) is 10.6 Å². The molecule has 0 bridgehead atoms. The topological polar surface area (TPSA) is 45.9 Å². The van der Waals surface area contributed by atoms with Crippen LogP contribution in [0.4, 0.5) is 0 Å². The van der Waals surface area contributed by atoms with Gasteiger partial charge in [0.15, 0.2) is 6.54 Å². The summed E-state index contributed by atoms with van der Waals surface area (Å²) in [5.74, 6) is -0.0618. The summed E-state index contributed by atoms with van der Waals surface area (Å²) in [5.41, 5.74) is 3.28. The molecule has 1 fully saturated rings. The fraction of sp³-hybridized carbons (Fsp3) is 0.467. The van der Waals surface area contributed by atoms with Crippen LogP contribution in [0.25, 0.3) is 0 Å². The van der Waals surface area contributed by atoms with Crippen molar-refractivity contribution < 1.29 is 9.69 Å². The predicted octanol–water partition coefficient (Wildman–Crippen LogP) is 1.90. The number of hydrazone groups is 1. The number of nitrogens with zero attached hydrogens (tertiary/aromatic N) is 1. The molecule has 1 saturated heterocycles. The lowest BCUT2D eigenvalue weighted by Gasteiger charge is -2.15. The van der Waals surface area contributed by atoms with Crippen molar-refractivity contribution in [2.45, 2.75) is 25.7 Å². The first-order valence-electron chi connectivity index (χ1n) is 7.25. The van der Waals surface area contributed by atoms with Crippen LogP contribution in [-0.4, -0.2) is 31.8 Å². The normalized spacial score (nSPS) is 16.9. The van der Waals surface area contributed by atoms with Gasteiger partial charge in [-0.25, -0.2) is 5.43 Å². The van der Waals surface area contributed by atoms with Crippen molar-refractivity contribution in [2.75, 3.05) is 19.6 Å². The molecule has 4 nitrogen and oxygen atoms in total. The van der Waals surface area contributed by atoms with Crippen LogP contribution >= 0.6 is 23.2 Å². The van der Waals surface area contributed by atoms with Crippen LogP contribution in [0.1, 0.15) is 31.2 Å². The molecule has 1 aliphatic rings. The van der Waals surface area contributed by atoms with E-state index in [9.17, 15) is 4.79 Å². The van der Waals surface area contributed by atoms with Gasteiger partial charge in [-0.3, -0.25) is 4.79 Å². The maximum atomic E-state index is 11.9. The van der Waals surface area contributed by atoms with Crippen LogP contribution in [0.2, 0.25) is 10.0 Å². The predicted molar refractivity (Wildman–Crippen MR) is 86.2 cm³/mol. The van der Waals surface area contributed by atoms with Gasteiger partial charge in [0.25, 0.3) is 5.91 Å². The van der Waals surface area contributed by atoms with E-state index in [1.807, 2.05) is 0 Å². The highest BCUT2D eigenvalue weighted by molar-refractivity contribution is 6.36. The summed E-state index contributed by atoms with van der Waals surface area (Å²) in [7, 11) is 0. The number of likely N-dealkylation sites (tertiary alicyclic amines) is 1. The highest BCUT2D eigenvalue weighted by Gasteiger charge is 2.15. The van der Waals surface area contributed by atoms with E-state index >= 15 is 0 Å². The Bertz CT molecular complexity index is 512. The van der Waals surface area contributed by atoms with E-state index in [4.69, 9.17) is 23.2 Å². The molecule has 1 aromatic carbocycles. The second-order valence-corrected chi connectivity index (χ2v) is 6.14. The Kier molecular flexibility index (Phi) is 6.49. The van der Waals surface area contributed by atoms with Crippen LogP contribution in [0.3, 0.4) is 0 Å². The summed E-state index contributed by atoms with van der Waals surface area (Å²) in [4.78, 5) is 13.2. The van der Waals surface area contributed by atoms with Gasteiger partial charge >= 0.3 is 0 Å². The minimum Gasteiger partial charge on any atom is -0.327 e. The van der Waals surface area contributed by atoms with E-state index < -0.39 is 0 Å². The fourth-order valence-corrected chi connectivity index (χ4v) is 2.91. The number of nitrogens with one attached hydrogen (secondary N) is 2. The van der Waals surface area contributed by atoms with Gasteiger partial charge in [-0.05, 0) is 37.8 Å². The third kappa shape index (κ3) is 5.65. The standard InChI is InChI=1S/C15H19Cl2N3O/c16-13-6-5-12(14(17)9-13)10-18-19-15(21)11-20-7-3-1-2-4-8-20/h5-6,9-10H,1-4,7-8,11H2,(H,19,21)/p+1/b18-10-. The molecular weight excluding hydrogens is 309 g/mol. The van der Waals surface area contributed by atoms with Crippen LogP contribution in [-0.2, 0) is 4.79 Å². The number of quaternary nitrogens is 1. The quantitative estimate of drug-likeness (QED) is 0.643. The molecule has 0 aliphatic carbocycles. The Hall–Kier alpha value is -1.10. The number of hydrogen-bond donors (Lipinski definition) is 2. The van der Waals surface area contributed by atoms with Crippen molar-refractivity contribution in [2.24, 2.45) is 5.10 Å². The minimum atomic E-state index is -0.0618. The van der Waals surface area contributed by atoms with Crippen LogP contribution < -0.4 is 10.3 Å². The maximum Gasteiger partial charge on any atom is 0.295 e. The van der Waals surface area contributed by atoms with Gasteiger partial charge in [0.05, 0.1) is 24.3 Å². The monoisotopic (exact) mass is 328 g/mol. The first kappa shape index (κ1) is 16.3. The molecule has 114 valence electrons. The Morgan fingerprint density at radius 3 is 2.62 bits per heavy atom. The Morgan fingerprint density at radius 2 is 1.95 bits per heavy atom. The Labute approximate surface area is 135 Å². The molecule has 2 rings (SSSR count). The van der Waals surface area contributed by atoms with Crippen molar-refractivity contribution in [3.05, 3.63) is 33.8 Å². The average molecular weight is 329 g/mol. The molecule has 0 saturated carbocycles. The van der Waals surface area contributed by atoms with Crippen molar-refractivity contribution in [3.8, 4) is 0 Å². The fourth-order valence-electron chi connectivity index (χ4n) is 2.45. The molecule has 1 heterocycles. The number of carbonyl (C=O) groups excluding carboxylic acids is 1. The molecule has 21 heavy (non-hydrogen) atoms. The van der Waals surface area contributed by atoms with Crippen LogP contribution in [0, 0.1) is 0 Å². The van der Waals surface area contributed by atoms with Gasteiger partial charge in [-0.1, -0.05) is 29.3 Å². The number of benzene rings is 1. The van der Waals surface area contributed by atoms with Crippen molar-refractivity contribution in [3.63, 3.8) is 0 Å². The zero-order chi connectivity index (χ0) is 15.1. The van der Waals surface area contributed by atoms with Gasteiger partial charge in [-0.15, -0.1) is 0 Å². The maximum absolute atomic E-state index is 11.9. The molecule has 2 N–H and O–H groups in total. The Balaban J connectivity index is 1.81. The van der Waals surface area contributed by atoms with Crippen molar-refractivity contribution in [1.82, 2.24) is 5.43 Å². The smallest absolute Gasteiger partial charge is 0.295 e. The first-order valence-corrected chi connectivity index (χ1v) is 8.01. The van der Waals surface area contributed by atoms with Gasteiger partial charge < -0.3 is 4.90 Å². The van der Waals surface area contributed by atoms with Gasteiger partial charge in [0.1, 0.15) is 0 Å². The summed E-state index contributed by atoms with van der Waals surface area (Å²) in [6, 6.07) is 5.14. The van der Waals surface area contributed by atoms with E-state index in [1.54, 1.807) is 18.2 Å². The van der Waals surface area contributed by atoms with E-state index in [0.717, 1.165) is 18.7 Å². The van der Waals surface area contributed by atoms with Crippen molar-refractivity contribution in [1.29, 1.82) is 0 Å². The summed E-state index contributed by atoms with van der Waals surface area (Å²) >= 11 is 11.8. The number of halogens is 2. The summed E-state index contributed by atoms with van der Waals surface area (Å²) in [6.07, 6.45) is 6.49. The molecule has 1 aromatic rings. The minimum absolute atomic E-state index is 0.0618. The third-order valence-electron chi connectivity index (χ3n) is 3.58. The summed E-state index contributed by atoms with van der Waals surface area (Å²) in [5, 5.41) is 5.04. The lowest BCUT2D eigenvalue weighted by atomic mass is 10.2. The highest BCUT2D eigenvalue weighted by atomic mass is 35.5. The largest absolute Gasteiger partial charge is 0.327 e. The average Bonchev–Trinajstić information content (AvgIpc) is 2.70. The second kappa shape index (κ2) is 8.37. The second-order valence-electron chi connectivity index (χ2n) is 5.30. The SMILES string of the molecule is O=C(C[NH+]1CCCCCC1)N/N=C\c1ccc(Cl)cc1Cl. The number of rotatable bonds is 4. The molecule has 1 amide bonds. The molecule has 0 atom stereocenters. The molecule has 0 radical (unpaired) electrons. The van der Waals surface area contributed by atoms with E-state index in [1.165, 1.54) is 36.8 Å². The zero-order valence-corrected chi connectivity index (χ0v) is 13.4. The highest BCUT2D eigenvalue weighted by Crippen LogP contribution is 2.19. The summed E-state index contributed by atoms with van der Waals surface area (Å²) in [6.45, 7) is 2.62. The van der Waals surface area contributed by atoms with Crippen molar-refractivity contribution >= 4 is 35.3 Å². The third-order valence-corrected chi connectivity index (χ3v) is 4.14. The summed E-state index contributed by atoms with van der Waals surface area (Å²) < 4.78 is 0. The number of hydrogen-bond acceptors (Lipinski definition) is 2.